The van der Waals surface area contributed by atoms with Crippen LogP contribution in [0.5, 0.6) is 0 Å². The highest BCUT2D eigenvalue weighted by atomic mass is 79.9. The number of rotatable bonds is 3. The molecule has 0 unspecified atom stereocenters. The Bertz CT molecular complexity index is 751. The Morgan fingerprint density at radius 3 is 1.85 bits per heavy atom. The molecule has 0 N–H and O–H groups in total. The van der Waals surface area contributed by atoms with Gasteiger partial charge >= 0.3 is 0 Å². The SMILES string of the molecule is O=C(c1ccc(Br)cc1)N1CCN(c2ccc(N3CCCC3)nn2)CC1. The molecule has 136 valence electrons. The first kappa shape index (κ1) is 17.3. The maximum Gasteiger partial charge on any atom is 0.253 e. The van der Waals surface area contributed by atoms with E-state index in [2.05, 4.69) is 42.0 Å². The summed E-state index contributed by atoms with van der Waals surface area (Å²) in [6, 6.07) is 11.6. The minimum Gasteiger partial charge on any atom is -0.355 e. The highest BCUT2D eigenvalue weighted by Gasteiger charge is 2.23. The Kier molecular flexibility index (Phi) is 5.06. The van der Waals surface area contributed by atoms with Gasteiger partial charge in [-0.2, -0.15) is 0 Å². The Hall–Kier alpha value is -2.15. The van der Waals surface area contributed by atoms with Gasteiger partial charge in [0.15, 0.2) is 11.6 Å². The van der Waals surface area contributed by atoms with Crippen molar-refractivity contribution in [2.75, 3.05) is 49.1 Å². The molecule has 1 aromatic carbocycles. The molecule has 26 heavy (non-hydrogen) atoms. The summed E-state index contributed by atoms with van der Waals surface area (Å²) in [6.07, 6.45) is 2.47. The number of piperazine rings is 1. The Morgan fingerprint density at radius 1 is 0.769 bits per heavy atom. The first-order chi connectivity index (χ1) is 12.7. The number of benzene rings is 1. The molecule has 2 aliphatic rings. The van der Waals surface area contributed by atoms with Gasteiger partial charge in [-0.15, -0.1) is 10.2 Å². The molecular weight excluding hydrogens is 394 g/mol. The molecule has 0 aliphatic carbocycles. The van der Waals surface area contributed by atoms with Gasteiger partial charge in [-0.1, -0.05) is 15.9 Å². The van der Waals surface area contributed by atoms with Crippen molar-refractivity contribution >= 4 is 33.5 Å². The number of amides is 1. The standard InChI is InChI=1S/C19H22BrN5O/c20-16-5-3-15(4-6-16)19(26)25-13-11-24(12-14-25)18-8-7-17(21-22-18)23-9-1-2-10-23/h3-8H,1-2,9-14H2. The van der Waals surface area contributed by atoms with Crippen molar-refractivity contribution in [2.24, 2.45) is 0 Å². The molecule has 2 saturated heterocycles. The van der Waals surface area contributed by atoms with Crippen molar-refractivity contribution in [2.45, 2.75) is 12.8 Å². The highest BCUT2D eigenvalue weighted by molar-refractivity contribution is 9.10. The molecule has 0 bridgehead atoms. The zero-order valence-corrected chi connectivity index (χ0v) is 16.2. The van der Waals surface area contributed by atoms with Gasteiger partial charge in [0.05, 0.1) is 0 Å². The van der Waals surface area contributed by atoms with Gasteiger partial charge in [0.1, 0.15) is 0 Å². The van der Waals surface area contributed by atoms with Crippen molar-refractivity contribution in [3.63, 3.8) is 0 Å². The molecule has 6 nitrogen and oxygen atoms in total. The lowest BCUT2D eigenvalue weighted by Crippen LogP contribution is -2.49. The van der Waals surface area contributed by atoms with E-state index in [1.807, 2.05) is 35.2 Å². The molecule has 0 saturated carbocycles. The second-order valence-corrected chi connectivity index (χ2v) is 7.65. The predicted molar refractivity (Wildman–Crippen MR) is 106 cm³/mol. The van der Waals surface area contributed by atoms with Crippen LogP contribution in [-0.4, -0.2) is 60.3 Å². The minimum absolute atomic E-state index is 0.0904. The molecule has 7 heteroatoms. The van der Waals surface area contributed by atoms with Crippen molar-refractivity contribution in [3.05, 3.63) is 46.4 Å². The molecule has 0 spiro atoms. The summed E-state index contributed by atoms with van der Waals surface area (Å²) in [5.41, 5.74) is 0.733. The van der Waals surface area contributed by atoms with Crippen molar-refractivity contribution < 1.29 is 4.79 Å². The second kappa shape index (κ2) is 7.61. The van der Waals surface area contributed by atoms with Gasteiger partial charge in [0.25, 0.3) is 5.91 Å². The molecule has 3 heterocycles. The number of hydrogen-bond acceptors (Lipinski definition) is 5. The van der Waals surface area contributed by atoms with Crippen LogP contribution in [0.1, 0.15) is 23.2 Å². The van der Waals surface area contributed by atoms with Gasteiger partial charge in [-0.05, 0) is 49.2 Å². The van der Waals surface area contributed by atoms with E-state index < -0.39 is 0 Å². The summed E-state index contributed by atoms with van der Waals surface area (Å²) in [4.78, 5) is 19.0. The van der Waals surface area contributed by atoms with Crippen molar-refractivity contribution in [3.8, 4) is 0 Å². The molecular formula is C19H22BrN5O. The third-order valence-electron chi connectivity index (χ3n) is 5.05. The zero-order chi connectivity index (χ0) is 17.9. The normalized spacial score (nSPS) is 17.7. The fraction of sp³-hybridized carbons (Fsp3) is 0.421. The largest absolute Gasteiger partial charge is 0.355 e. The first-order valence-electron chi connectivity index (χ1n) is 9.09. The molecule has 2 aliphatic heterocycles. The first-order valence-corrected chi connectivity index (χ1v) is 9.88. The predicted octanol–water partition coefficient (Wildman–Crippen LogP) is 2.80. The van der Waals surface area contributed by atoms with Crippen LogP contribution in [0.3, 0.4) is 0 Å². The number of hydrogen-bond donors (Lipinski definition) is 0. The fourth-order valence-electron chi connectivity index (χ4n) is 3.52. The van der Waals surface area contributed by atoms with Crippen molar-refractivity contribution in [1.29, 1.82) is 0 Å². The number of halogens is 1. The lowest BCUT2D eigenvalue weighted by atomic mass is 10.2. The quantitative estimate of drug-likeness (QED) is 0.771. The molecule has 1 amide bonds. The average Bonchev–Trinajstić information content (AvgIpc) is 3.23. The van der Waals surface area contributed by atoms with Crippen LogP contribution >= 0.6 is 15.9 Å². The van der Waals surface area contributed by atoms with Crippen LogP contribution in [0.4, 0.5) is 11.6 Å². The number of anilines is 2. The number of nitrogens with zero attached hydrogens (tertiary/aromatic N) is 5. The summed E-state index contributed by atoms with van der Waals surface area (Å²) >= 11 is 3.40. The van der Waals surface area contributed by atoms with E-state index in [9.17, 15) is 4.79 Å². The maximum atomic E-state index is 12.6. The zero-order valence-electron chi connectivity index (χ0n) is 14.6. The van der Waals surface area contributed by atoms with Crippen LogP contribution < -0.4 is 9.80 Å². The third-order valence-corrected chi connectivity index (χ3v) is 5.58. The summed E-state index contributed by atoms with van der Waals surface area (Å²) < 4.78 is 0.981. The van der Waals surface area contributed by atoms with Crippen LogP contribution in [0.25, 0.3) is 0 Å². The van der Waals surface area contributed by atoms with E-state index in [0.29, 0.717) is 13.1 Å². The van der Waals surface area contributed by atoms with E-state index in [0.717, 1.165) is 47.9 Å². The summed E-state index contributed by atoms with van der Waals surface area (Å²) in [5.74, 6) is 1.95. The van der Waals surface area contributed by atoms with Crippen LogP contribution in [0, 0.1) is 0 Å². The van der Waals surface area contributed by atoms with Gasteiger partial charge in [-0.25, -0.2) is 0 Å². The summed E-state index contributed by atoms with van der Waals surface area (Å²) in [7, 11) is 0. The van der Waals surface area contributed by atoms with E-state index >= 15 is 0 Å². The lowest BCUT2D eigenvalue weighted by molar-refractivity contribution is 0.0746. The topological polar surface area (TPSA) is 52.6 Å². The van der Waals surface area contributed by atoms with Crippen LogP contribution in [0.15, 0.2) is 40.9 Å². The monoisotopic (exact) mass is 415 g/mol. The minimum atomic E-state index is 0.0904. The molecule has 0 radical (unpaired) electrons. The number of aromatic nitrogens is 2. The van der Waals surface area contributed by atoms with Gasteiger partial charge in [0.2, 0.25) is 0 Å². The third kappa shape index (κ3) is 3.67. The molecule has 2 fully saturated rings. The Morgan fingerprint density at radius 2 is 1.31 bits per heavy atom. The second-order valence-electron chi connectivity index (χ2n) is 6.73. The molecule has 4 rings (SSSR count). The maximum absolute atomic E-state index is 12.6. The van der Waals surface area contributed by atoms with E-state index in [4.69, 9.17) is 0 Å². The van der Waals surface area contributed by atoms with Crippen LogP contribution in [-0.2, 0) is 0 Å². The average molecular weight is 416 g/mol. The fourth-order valence-corrected chi connectivity index (χ4v) is 3.78. The lowest BCUT2D eigenvalue weighted by Gasteiger charge is -2.35. The summed E-state index contributed by atoms with van der Waals surface area (Å²) in [6.45, 7) is 5.10. The Labute approximate surface area is 161 Å². The van der Waals surface area contributed by atoms with Crippen molar-refractivity contribution in [1.82, 2.24) is 15.1 Å². The highest BCUT2D eigenvalue weighted by Crippen LogP contribution is 2.20. The van der Waals surface area contributed by atoms with Crippen LogP contribution in [0.2, 0.25) is 0 Å². The van der Waals surface area contributed by atoms with E-state index in [-0.39, 0.29) is 5.91 Å². The van der Waals surface area contributed by atoms with Gasteiger partial charge in [0, 0.05) is 49.3 Å². The molecule has 0 atom stereocenters. The van der Waals surface area contributed by atoms with Gasteiger partial charge < -0.3 is 14.7 Å². The smallest absolute Gasteiger partial charge is 0.253 e. The van der Waals surface area contributed by atoms with E-state index in [1.54, 1.807) is 0 Å². The Balaban J connectivity index is 1.35. The number of carbonyl (C=O) groups is 1. The molecule has 1 aromatic heterocycles. The van der Waals surface area contributed by atoms with E-state index in [1.165, 1.54) is 12.8 Å². The van der Waals surface area contributed by atoms with Gasteiger partial charge in [-0.3, -0.25) is 4.79 Å². The summed E-state index contributed by atoms with van der Waals surface area (Å²) in [5, 5.41) is 8.81. The molecule has 2 aromatic rings. The number of carbonyl (C=O) groups excluding carboxylic acids is 1.